The molecule has 2 aliphatic heterocycles. The van der Waals surface area contributed by atoms with Crippen LogP contribution in [-0.2, 0) is 6.54 Å². The third-order valence-corrected chi connectivity index (χ3v) is 5.30. The number of H-pyrrole nitrogens is 1. The molecule has 1 aromatic heterocycles. The van der Waals surface area contributed by atoms with Crippen LogP contribution in [0, 0.1) is 0 Å². The summed E-state index contributed by atoms with van der Waals surface area (Å²) in [5.74, 6) is 0.602. The molecule has 0 unspecified atom stereocenters. The van der Waals surface area contributed by atoms with Crippen LogP contribution in [0.15, 0.2) is 36.5 Å². The van der Waals surface area contributed by atoms with Gasteiger partial charge in [-0.2, -0.15) is 5.10 Å². The molecule has 122 valence electrons. The van der Waals surface area contributed by atoms with Crippen molar-refractivity contribution in [2.75, 3.05) is 31.1 Å². The highest BCUT2D eigenvalue weighted by Crippen LogP contribution is 2.29. The van der Waals surface area contributed by atoms with Gasteiger partial charge in [-0.15, -0.1) is 0 Å². The zero-order valence-electron chi connectivity index (χ0n) is 13.7. The molecular formula is C19H26N4. The maximum atomic E-state index is 4.12. The number of aromatic amines is 1. The third-order valence-electron chi connectivity index (χ3n) is 5.30. The van der Waals surface area contributed by atoms with Gasteiger partial charge in [0.1, 0.15) is 0 Å². The van der Waals surface area contributed by atoms with E-state index in [4.69, 9.17) is 0 Å². The van der Waals surface area contributed by atoms with Crippen molar-refractivity contribution in [3.8, 4) is 0 Å². The van der Waals surface area contributed by atoms with E-state index < -0.39 is 0 Å². The average Bonchev–Trinajstić information content (AvgIpc) is 3.30. The van der Waals surface area contributed by atoms with E-state index in [-0.39, 0.29) is 0 Å². The Kier molecular flexibility index (Phi) is 4.33. The molecule has 2 saturated heterocycles. The first-order valence-electron chi connectivity index (χ1n) is 8.94. The number of likely N-dealkylation sites (tertiary alicyclic amines) is 1. The zero-order valence-corrected chi connectivity index (χ0v) is 13.7. The normalized spacial score (nSPS) is 22.6. The molecule has 0 saturated carbocycles. The van der Waals surface area contributed by atoms with E-state index >= 15 is 0 Å². The number of aromatic nitrogens is 2. The summed E-state index contributed by atoms with van der Waals surface area (Å²) >= 11 is 0. The Hall–Kier alpha value is -1.81. The summed E-state index contributed by atoms with van der Waals surface area (Å²) < 4.78 is 0. The van der Waals surface area contributed by atoms with Crippen LogP contribution in [-0.4, -0.2) is 41.3 Å². The maximum Gasteiger partial charge on any atom is 0.0490 e. The molecule has 4 heteroatoms. The van der Waals surface area contributed by atoms with Crippen LogP contribution in [0.1, 0.15) is 42.9 Å². The fourth-order valence-corrected chi connectivity index (χ4v) is 4.10. The lowest BCUT2D eigenvalue weighted by Gasteiger charge is -2.33. The molecule has 2 aromatic rings. The van der Waals surface area contributed by atoms with Crippen molar-refractivity contribution in [2.45, 2.75) is 38.1 Å². The van der Waals surface area contributed by atoms with E-state index in [9.17, 15) is 0 Å². The Morgan fingerprint density at radius 1 is 1.04 bits per heavy atom. The summed E-state index contributed by atoms with van der Waals surface area (Å²) in [7, 11) is 0. The summed E-state index contributed by atoms with van der Waals surface area (Å²) in [5.41, 5.74) is 4.23. The summed E-state index contributed by atoms with van der Waals surface area (Å²) in [4.78, 5) is 5.18. The SMILES string of the molecule is c1ccc(N2CCCC2)c(CN2CCC[C@@H](c3ccn[nH]3)C2)c1. The third kappa shape index (κ3) is 3.27. The smallest absolute Gasteiger partial charge is 0.0490 e. The molecule has 1 atom stereocenters. The van der Waals surface area contributed by atoms with Crippen LogP contribution in [0.2, 0.25) is 0 Å². The predicted molar refractivity (Wildman–Crippen MR) is 93.7 cm³/mol. The molecule has 0 radical (unpaired) electrons. The van der Waals surface area contributed by atoms with Gasteiger partial charge in [-0.1, -0.05) is 18.2 Å². The topological polar surface area (TPSA) is 35.2 Å². The van der Waals surface area contributed by atoms with Crippen LogP contribution in [0.25, 0.3) is 0 Å². The zero-order chi connectivity index (χ0) is 15.5. The second kappa shape index (κ2) is 6.75. The Bertz CT molecular complexity index is 616. The Morgan fingerprint density at radius 2 is 1.91 bits per heavy atom. The second-order valence-corrected chi connectivity index (χ2v) is 6.91. The Morgan fingerprint density at radius 3 is 2.74 bits per heavy atom. The quantitative estimate of drug-likeness (QED) is 0.940. The van der Waals surface area contributed by atoms with Gasteiger partial charge in [0, 0.05) is 49.7 Å². The Balaban J connectivity index is 1.47. The van der Waals surface area contributed by atoms with Gasteiger partial charge in [0.2, 0.25) is 0 Å². The number of piperidine rings is 1. The molecule has 23 heavy (non-hydrogen) atoms. The second-order valence-electron chi connectivity index (χ2n) is 6.91. The number of nitrogens with zero attached hydrogens (tertiary/aromatic N) is 3. The standard InChI is InChI=1S/C19H26N4/c1-2-8-19(23-12-3-4-13-23)17(6-1)15-22-11-5-7-16(14-22)18-9-10-20-21-18/h1-2,6,8-10,16H,3-5,7,11-15H2,(H,20,21)/t16-/m1/s1. The number of para-hydroxylation sites is 1. The first-order chi connectivity index (χ1) is 11.4. The minimum Gasteiger partial charge on any atom is -0.371 e. The summed E-state index contributed by atoms with van der Waals surface area (Å²) in [5, 5.41) is 7.29. The van der Waals surface area contributed by atoms with Gasteiger partial charge in [-0.3, -0.25) is 10.00 Å². The van der Waals surface area contributed by atoms with Crippen molar-refractivity contribution in [3.63, 3.8) is 0 Å². The van der Waals surface area contributed by atoms with Gasteiger partial charge in [0.15, 0.2) is 0 Å². The highest BCUT2D eigenvalue weighted by Gasteiger charge is 2.23. The van der Waals surface area contributed by atoms with Gasteiger partial charge >= 0.3 is 0 Å². The van der Waals surface area contributed by atoms with Gasteiger partial charge < -0.3 is 4.90 Å². The molecule has 1 N–H and O–H groups in total. The highest BCUT2D eigenvalue weighted by molar-refractivity contribution is 5.54. The van der Waals surface area contributed by atoms with E-state index in [1.165, 1.54) is 62.3 Å². The van der Waals surface area contributed by atoms with Gasteiger partial charge in [0.25, 0.3) is 0 Å². The Labute approximate surface area is 138 Å². The van der Waals surface area contributed by atoms with Crippen molar-refractivity contribution in [1.29, 1.82) is 0 Å². The lowest BCUT2D eigenvalue weighted by Crippen LogP contribution is -2.34. The highest BCUT2D eigenvalue weighted by atomic mass is 15.2. The fraction of sp³-hybridized carbons (Fsp3) is 0.526. The van der Waals surface area contributed by atoms with E-state index in [1.807, 2.05) is 6.20 Å². The minimum absolute atomic E-state index is 0.602. The molecule has 2 aliphatic rings. The molecule has 1 aromatic carbocycles. The van der Waals surface area contributed by atoms with Crippen molar-refractivity contribution in [3.05, 3.63) is 47.8 Å². The van der Waals surface area contributed by atoms with Gasteiger partial charge in [-0.25, -0.2) is 0 Å². The molecule has 0 bridgehead atoms. The summed E-state index contributed by atoms with van der Waals surface area (Å²) in [6.45, 7) is 5.84. The lowest BCUT2D eigenvalue weighted by molar-refractivity contribution is 0.198. The molecule has 4 nitrogen and oxygen atoms in total. The van der Waals surface area contributed by atoms with Crippen molar-refractivity contribution < 1.29 is 0 Å². The van der Waals surface area contributed by atoms with Crippen molar-refractivity contribution >= 4 is 5.69 Å². The minimum atomic E-state index is 0.602. The maximum absolute atomic E-state index is 4.12. The molecular weight excluding hydrogens is 284 g/mol. The van der Waals surface area contributed by atoms with Crippen LogP contribution in [0.3, 0.4) is 0 Å². The van der Waals surface area contributed by atoms with E-state index in [2.05, 4.69) is 50.3 Å². The van der Waals surface area contributed by atoms with Crippen molar-refractivity contribution in [1.82, 2.24) is 15.1 Å². The number of hydrogen-bond acceptors (Lipinski definition) is 3. The van der Waals surface area contributed by atoms with E-state index in [0.29, 0.717) is 5.92 Å². The van der Waals surface area contributed by atoms with Gasteiger partial charge in [-0.05, 0) is 49.9 Å². The number of hydrogen-bond donors (Lipinski definition) is 1. The van der Waals surface area contributed by atoms with Gasteiger partial charge in [0.05, 0.1) is 0 Å². The molecule has 3 heterocycles. The van der Waals surface area contributed by atoms with Crippen LogP contribution < -0.4 is 4.90 Å². The van der Waals surface area contributed by atoms with Crippen LogP contribution in [0.5, 0.6) is 0 Å². The van der Waals surface area contributed by atoms with Crippen LogP contribution >= 0.6 is 0 Å². The number of benzene rings is 1. The number of anilines is 1. The van der Waals surface area contributed by atoms with Crippen molar-refractivity contribution in [2.24, 2.45) is 0 Å². The molecule has 0 spiro atoms. The number of rotatable bonds is 4. The lowest BCUT2D eigenvalue weighted by atomic mass is 9.94. The first kappa shape index (κ1) is 14.8. The monoisotopic (exact) mass is 310 g/mol. The molecule has 0 amide bonds. The molecule has 0 aliphatic carbocycles. The number of nitrogens with one attached hydrogen (secondary N) is 1. The average molecular weight is 310 g/mol. The largest absolute Gasteiger partial charge is 0.371 e. The molecule has 2 fully saturated rings. The first-order valence-corrected chi connectivity index (χ1v) is 8.94. The van der Waals surface area contributed by atoms with Crippen LogP contribution in [0.4, 0.5) is 5.69 Å². The molecule has 4 rings (SSSR count). The summed E-state index contributed by atoms with van der Waals surface area (Å²) in [6.07, 6.45) is 7.08. The van der Waals surface area contributed by atoms with E-state index in [0.717, 1.165) is 13.1 Å². The van der Waals surface area contributed by atoms with E-state index in [1.54, 1.807) is 0 Å². The summed E-state index contributed by atoms with van der Waals surface area (Å²) in [6, 6.07) is 11.1. The predicted octanol–water partition coefficient (Wildman–Crippen LogP) is 3.39. The fourth-order valence-electron chi connectivity index (χ4n) is 4.10.